The fraction of sp³-hybridized carbons (Fsp3) is 0.333. The molecular formula is C9H13N3O3. The van der Waals surface area contributed by atoms with Crippen LogP contribution in [0.5, 0.6) is 0 Å². The van der Waals surface area contributed by atoms with Crippen LogP contribution >= 0.6 is 0 Å². The quantitative estimate of drug-likeness (QED) is 0.254. The van der Waals surface area contributed by atoms with Gasteiger partial charge in [0.2, 0.25) is 0 Å². The second-order valence-electron chi connectivity index (χ2n) is 3.30. The number of carboxylic acid groups (broad SMARTS) is 1. The molecule has 6 heteroatoms. The van der Waals surface area contributed by atoms with Crippen molar-refractivity contribution in [2.24, 2.45) is 10.9 Å². The molecule has 1 rings (SSSR count). The van der Waals surface area contributed by atoms with Gasteiger partial charge in [-0.1, -0.05) is 5.16 Å². The van der Waals surface area contributed by atoms with E-state index in [2.05, 4.69) is 10.1 Å². The molecule has 0 aliphatic rings. The van der Waals surface area contributed by atoms with E-state index < -0.39 is 5.97 Å². The number of amidine groups is 1. The fourth-order valence-corrected chi connectivity index (χ4v) is 1.36. The van der Waals surface area contributed by atoms with Gasteiger partial charge in [-0.25, -0.2) is 4.79 Å². The lowest BCUT2D eigenvalue weighted by Gasteiger charge is -1.97. The molecular weight excluding hydrogens is 198 g/mol. The zero-order chi connectivity index (χ0) is 11.6. The summed E-state index contributed by atoms with van der Waals surface area (Å²) < 4.78 is 0. The van der Waals surface area contributed by atoms with Crippen LogP contribution in [0.1, 0.15) is 27.3 Å². The number of oxime groups is 1. The van der Waals surface area contributed by atoms with E-state index in [0.717, 1.165) is 5.56 Å². The van der Waals surface area contributed by atoms with Gasteiger partial charge >= 0.3 is 5.97 Å². The first-order valence-electron chi connectivity index (χ1n) is 4.35. The lowest BCUT2D eigenvalue weighted by molar-refractivity contribution is 0.0690. The first kappa shape index (κ1) is 11.1. The van der Waals surface area contributed by atoms with Gasteiger partial charge in [-0.3, -0.25) is 0 Å². The van der Waals surface area contributed by atoms with Crippen LogP contribution in [0, 0.1) is 13.8 Å². The Kier molecular flexibility index (Phi) is 2.99. The Bertz CT molecular complexity index is 420. The molecule has 15 heavy (non-hydrogen) atoms. The molecule has 5 N–H and O–H groups in total. The molecule has 0 aromatic carbocycles. The van der Waals surface area contributed by atoms with Crippen molar-refractivity contribution in [3.05, 3.63) is 22.5 Å². The maximum absolute atomic E-state index is 10.8. The highest BCUT2D eigenvalue weighted by molar-refractivity contribution is 5.89. The van der Waals surface area contributed by atoms with E-state index in [4.69, 9.17) is 16.0 Å². The zero-order valence-electron chi connectivity index (χ0n) is 8.53. The Hall–Kier alpha value is -1.98. The molecule has 1 heterocycles. The zero-order valence-corrected chi connectivity index (χ0v) is 8.53. The third-order valence-electron chi connectivity index (χ3n) is 2.37. The third-order valence-corrected chi connectivity index (χ3v) is 2.37. The Labute approximate surface area is 86.4 Å². The first-order valence-corrected chi connectivity index (χ1v) is 4.35. The SMILES string of the molecule is Cc1c(C/C(N)=N/O)[nH]c(C(=O)O)c1C. The summed E-state index contributed by atoms with van der Waals surface area (Å²) in [5.74, 6) is -0.974. The summed E-state index contributed by atoms with van der Waals surface area (Å²) in [6.07, 6.45) is 0.205. The van der Waals surface area contributed by atoms with E-state index in [-0.39, 0.29) is 18.0 Å². The van der Waals surface area contributed by atoms with Crippen LogP contribution in [0.4, 0.5) is 0 Å². The van der Waals surface area contributed by atoms with Crippen molar-refractivity contribution in [3.63, 3.8) is 0 Å². The maximum Gasteiger partial charge on any atom is 0.352 e. The van der Waals surface area contributed by atoms with Crippen LogP contribution in [0.3, 0.4) is 0 Å². The Morgan fingerprint density at radius 2 is 2.07 bits per heavy atom. The summed E-state index contributed by atoms with van der Waals surface area (Å²) in [6.45, 7) is 3.50. The third kappa shape index (κ3) is 2.09. The molecule has 0 radical (unpaired) electrons. The number of rotatable bonds is 3. The summed E-state index contributed by atoms with van der Waals surface area (Å²) in [7, 11) is 0. The average Bonchev–Trinajstić information content (AvgIpc) is 2.46. The van der Waals surface area contributed by atoms with Crippen LogP contribution in [0.2, 0.25) is 0 Å². The van der Waals surface area contributed by atoms with Crippen molar-refractivity contribution < 1.29 is 15.1 Å². The Morgan fingerprint density at radius 1 is 1.47 bits per heavy atom. The van der Waals surface area contributed by atoms with Crippen LogP contribution in [-0.4, -0.2) is 27.1 Å². The number of H-pyrrole nitrogens is 1. The van der Waals surface area contributed by atoms with Crippen LogP contribution in [0.15, 0.2) is 5.16 Å². The molecule has 0 amide bonds. The van der Waals surface area contributed by atoms with E-state index >= 15 is 0 Å². The Balaban J connectivity index is 3.11. The summed E-state index contributed by atoms with van der Waals surface area (Å²) >= 11 is 0. The van der Waals surface area contributed by atoms with Gasteiger partial charge in [-0.2, -0.15) is 0 Å². The summed E-state index contributed by atoms with van der Waals surface area (Å²) in [4.78, 5) is 13.5. The monoisotopic (exact) mass is 211 g/mol. The highest BCUT2D eigenvalue weighted by Crippen LogP contribution is 2.17. The number of nitrogens with one attached hydrogen (secondary N) is 1. The molecule has 0 aliphatic carbocycles. The van der Waals surface area contributed by atoms with E-state index in [1.165, 1.54) is 0 Å². The van der Waals surface area contributed by atoms with Gasteiger partial charge in [0.05, 0.1) is 0 Å². The van der Waals surface area contributed by atoms with E-state index in [0.29, 0.717) is 11.3 Å². The minimum Gasteiger partial charge on any atom is -0.477 e. The largest absolute Gasteiger partial charge is 0.477 e. The van der Waals surface area contributed by atoms with Crippen molar-refractivity contribution in [1.29, 1.82) is 0 Å². The van der Waals surface area contributed by atoms with Crippen molar-refractivity contribution in [2.45, 2.75) is 20.3 Å². The van der Waals surface area contributed by atoms with Gasteiger partial charge in [0.15, 0.2) is 0 Å². The number of hydrogen-bond donors (Lipinski definition) is 4. The minimum absolute atomic E-state index is 0.0382. The van der Waals surface area contributed by atoms with Gasteiger partial charge in [0, 0.05) is 12.1 Å². The number of carboxylic acids is 1. The summed E-state index contributed by atoms with van der Waals surface area (Å²) in [6, 6.07) is 0. The highest BCUT2D eigenvalue weighted by Gasteiger charge is 2.16. The number of aromatic carboxylic acids is 1. The number of nitrogens with two attached hydrogens (primary N) is 1. The van der Waals surface area contributed by atoms with Crippen LogP contribution < -0.4 is 5.73 Å². The van der Waals surface area contributed by atoms with Crippen LogP contribution in [0.25, 0.3) is 0 Å². The van der Waals surface area contributed by atoms with Crippen molar-refractivity contribution >= 4 is 11.8 Å². The lowest BCUT2D eigenvalue weighted by atomic mass is 10.1. The van der Waals surface area contributed by atoms with Crippen molar-refractivity contribution in [3.8, 4) is 0 Å². The first-order chi connectivity index (χ1) is 6.97. The van der Waals surface area contributed by atoms with E-state index in [9.17, 15) is 4.79 Å². The molecule has 0 aliphatic heterocycles. The molecule has 0 bridgehead atoms. The van der Waals surface area contributed by atoms with Gasteiger partial charge in [0.25, 0.3) is 0 Å². The summed E-state index contributed by atoms with van der Waals surface area (Å²) in [5, 5.41) is 20.1. The summed E-state index contributed by atoms with van der Waals surface area (Å²) in [5.41, 5.74) is 7.63. The van der Waals surface area contributed by atoms with Gasteiger partial charge in [-0.05, 0) is 25.0 Å². The molecule has 0 unspecified atom stereocenters. The Morgan fingerprint density at radius 3 is 2.47 bits per heavy atom. The lowest BCUT2D eigenvalue weighted by Crippen LogP contribution is -2.15. The number of nitrogens with zero attached hydrogens (tertiary/aromatic N) is 1. The molecule has 6 nitrogen and oxygen atoms in total. The molecule has 1 aromatic heterocycles. The number of aromatic nitrogens is 1. The predicted octanol–water partition coefficient (Wildman–Crippen LogP) is 0.619. The second kappa shape index (κ2) is 4.04. The van der Waals surface area contributed by atoms with Gasteiger partial charge < -0.3 is 21.0 Å². The van der Waals surface area contributed by atoms with E-state index in [1.54, 1.807) is 13.8 Å². The fourth-order valence-electron chi connectivity index (χ4n) is 1.36. The smallest absolute Gasteiger partial charge is 0.352 e. The number of carbonyl (C=O) groups is 1. The highest BCUT2D eigenvalue weighted by atomic mass is 16.4. The van der Waals surface area contributed by atoms with Gasteiger partial charge in [0.1, 0.15) is 11.5 Å². The predicted molar refractivity (Wildman–Crippen MR) is 54.3 cm³/mol. The van der Waals surface area contributed by atoms with Crippen molar-refractivity contribution in [2.75, 3.05) is 0 Å². The molecule has 0 saturated carbocycles. The molecule has 1 aromatic rings. The van der Waals surface area contributed by atoms with Gasteiger partial charge in [-0.15, -0.1) is 0 Å². The normalized spacial score (nSPS) is 11.7. The maximum atomic E-state index is 10.8. The topological polar surface area (TPSA) is 112 Å². The van der Waals surface area contributed by atoms with Crippen molar-refractivity contribution in [1.82, 2.24) is 4.98 Å². The molecule has 0 saturated heterocycles. The average molecular weight is 211 g/mol. The standard InChI is InChI=1S/C9H13N3O3/c1-4-5(2)8(9(13)14)11-6(4)3-7(10)12-15/h11,15H,3H2,1-2H3,(H2,10,12)(H,13,14). The van der Waals surface area contributed by atoms with E-state index in [1.807, 2.05) is 0 Å². The molecule has 0 fully saturated rings. The molecule has 82 valence electrons. The van der Waals surface area contributed by atoms with Crippen LogP contribution in [-0.2, 0) is 6.42 Å². The number of hydrogen-bond acceptors (Lipinski definition) is 3. The molecule has 0 atom stereocenters. The number of aromatic amines is 1. The second-order valence-corrected chi connectivity index (χ2v) is 3.30. The molecule has 0 spiro atoms. The minimum atomic E-state index is -1.01.